The number of aryl methyl sites for hydroxylation is 1. The first-order chi connectivity index (χ1) is 15.0. The molecule has 0 bridgehead atoms. The van der Waals surface area contributed by atoms with Gasteiger partial charge in [-0.1, -0.05) is 12.1 Å². The van der Waals surface area contributed by atoms with E-state index in [0.717, 1.165) is 35.5 Å². The Morgan fingerprint density at radius 3 is 2.65 bits per heavy atom. The molecule has 2 N–H and O–H groups in total. The highest BCUT2D eigenvalue weighted by molar-refractivity contribution is 5.65. The van der Waals surface area contributed by atoms with Crippen molar-refractivity contribution in [3.8, 4) is 11.6 Å². The van der Waals surface area contributed by atoms with Crippen molar-refractivity contribution >= 4 is 17.6 Å². The molecule has 0 aliphatic carbocycles. The number of benzene rings is 1. The fraction of sp³-hybridized carbons (Fsp3) is 0.292. The maximum Gasteiger partial charge on any atom is 0.407 e. The minimum absolute atomic E-state index is 0.0370. The summed E-state index contributed by atoms with van der Waals surface area (Å²) >= 11 is 0. The molecule has 31 heavy (non-hydrogen) atoms. The Hall–Kier alpha value is -3.61. The Morgan fingerprint density at radius 2 is 1.97 bits per heavy atom. The molecular formula is C24H26N4O3. The highest BCUT2D eigenvalue weighted by Gasteiger charge is 2.31. The molecule has 7 heteroatoms. The van der Waals surface area contributed by atoms with Crippen molar-refractivity contribution in [3.63, 3.8) is 0 Å². The molecule has 1 aliphatic rings. The summed E-state index contributed by atoms with van der Waals surface area (Å²) in [5, 5.41) is 12.6. The van der Waals surface area contributed by atoms with Crippen LogP contribution < -0.4 is 10.1 Å². The summed E-state index contributed by atoms with van der Waals surface area (Å²) in [6.07, 6.45) is 4.19. The van der Waals surface area contributed by atoms with Gasteiger partial charge in [-0.05, 0) is 74.6 Å². The third-order valence-electron chi connectivity index (χ3n) is 5.61. The van der Waals surface area contributed by atoms with Crippen molar-refractivity contribution in [1.82, 2.24) is 14.9 Å². The van der Waals surface area contributed by atoms with E-state index in [-0.39, 0.29) is 12.0 Å². The van der Waals surface area contributed by atoms with E-state index in [9.17, 15) is 9.90 Å². The van der Waals surface area contributed by atoms with Crippen LogP contribution in [0.3, 0.4) is 0 Å². The predicted octanol–water partition coefficient (Wildman–Crippen LogP) is 5.57. The van der Waals surface area contributed by atoms with Gasteiger partial charge >= 0.3 is 6.09 Å². The summed E-state index contributed by atoms with van der Waals surface area (Å²) in [5.41, 5.74) is 3.05. The first-order valence-electron chi connectivity index (χ1n) is 10.4. The number of pyridine rings is 2. The van der Waals surface area contributed by atoms with E-state index in [1.807, 2.05) is 68.6 Å². The van der Waals surface area contributed by atoms with Crippen LogP contribution in [0.5, 0.6) is 11.6 Å². The number of rotatable bonds is 5. The van der Waals surface area contributed by atoms with Crippen LogP contribution in [0.2, 0.25) is 0 Å². The molecule has 2 atom stereocenters. The number of amides is 1. The van der Waals surface area contributed by atoms with Crippen molar-refractivity contribution in [2.24, 2.45) is 0 Å². The highest BCUT2D eigenvalue weighted by Crippen LogP contribution is 2.37. The highest BCUT2D eigenvalue weighted by atomic mass is 16.5. The number of carbonyl (C=O) groups is 1. The zero-order valence-electron chi connectivity index (χ0n) is 17.7. The van der Waals surface area contributed by atoms with Gasteiger partial charge in [-0.2, -0.15) is 0 Å². The van der Waals surface area contributed by atoms with Crippen LogP contribution in [0.4, 0.5) is 16.3 Å². The molecule has 2 aromatic heterocycles. The largest absolute Gasteiger partial charge is 0.465 e. The second-order valence-corrected chi connectivity index (χ2v) is 7.92. The van der Waals surface area contributed by atoms with Crippen LogP contribution in [0.15, 0.2) is 60.9 Å². The Morgan fingerprint density at radius 1 is 1.16 bits per heavy atom. The van der Waals surface area contributed by atoms with Crippen LogP contribution in [0.1, 0.15) is 36.8 Å². The molecule has 2 unspecified atom stereocenters. The second-order valence-electron chi connectivity index (χ2n) is 7.92. The van der Waals surface area contributed by atoms with E-state index in [2.05, 4.69) is 15.3 Å². The number of anilines is 2. The van der Waals surface area contributed by atoms with Gasteiger partial charge in [-0.25, -0.2) is 14.8 Å². The minimum Gasteiger partial charge on any atom is -0.465 e. The monoisotopic (exact) mass is 418 g/mol. The summed E-state index contributed by atoms with van der Waals surface area (Å²) in [4.78, 5) is 21.7. The molecule has 7 nitrogen and oxygen atoms in total. The SMILES string of the molecule is Cc1ccc(Nc2ccc(Oc3ncccc3C3CCN(C(=O)O)C(C)C3)cc2)nc1. The fourth-order valence-corrected chi connectivity index (χ4v) is 3.95. The van der Waals surface area contributed by atoms with Gasteiger partial charge in [0.25, 0.3) is 0 Å². The van der Waals surface area contributed by atoms with Gasteiger partial charge in [0, 0.05) is 36.2 Å². The van der Waals surface area contributed by atoms with Crippen LogP contribution in [0.25, 0.3) is 0 Å². The fourth-order valence-electron chi connectivity index (χ4n) is 3.95. The maximum atomic E-state index is 11.4. The molecule has 160 valence electrons. The lowest BCUT2D eigenvalue weighted by Crippen LogP contribution is -2.43. The number of aromatic nitrogens is 2. The van der Waals surface area contributed by atoms with E-state index in [4.69, 9.17) is 4.74 Å². The molecule has 1 aromatic carbocycles. The van der Waals surface area contributed by atoms with Crippen LogP contribution in [-0.4, -0.2) is 38.7 Å². The summed E-state index contributed by atoms with van der Waals surface area (Å²) in [6, 6.07) is 15.5. The molecule has 1 saturated heterocycles. The average molecular weight is 418 g/mol. The zero-order valence-corrected chi connectivity index (χ0v) is 17.7. The number of carboxylic acid groups (broad SMARTS) is 1. The third kappa shape index (κ3) is 4.94. The van der Waals surface area contributed by atoms with Crippen molar-refractivity contribution in [1.29, 1.82) is 0 Å². The number of piperidine rings is 1. The normalized spacial score (nSPS) is 18.5. The quantitative estimate of drug-likeness (QED) is 0.563. The van der Waals surface area contributed by atoms with Crippen LogP contribution in [0, 0.1) is 6.92 Å². The Balaban J connectivity index is 1.45. The Labute approximate surface area is 181 Å². The lowest BCUT2D eigenvalue weighted by atomic mass is 9.86. The topological polar surface area (TPSA) is 87.6 Å². The number of likely N-dealkylation sites (tertiary alicyclic amines) is 1. The first-order valence-corrected chi connectivity index (χ1v) is 10.4. The lowest BCUT2D eigenvalue weighted by molar-refractivity contribution is 0.106. The van der Waals surface area contributed by atoms with Crippen molar-refractivity contribution in [2.45, 2.75) is 38.6 Å². The van der Waals surface area contributed by atoms with Gasteiger partial charge in [0.15, 0.2) is 0 Å². The first kappa shape index (κ1) is 20.7. The number of hydrogen-bond donors (Lipinski definition) is 2. The van der Waals surface area contributed by atoms with Crippen LogP contribution in [-0.2, 0) is 0 Å². The maximum absolute atomic E-state index is 11.4. The molecule has 1 aliphatic heterocycles. The molecule has 0 saturated carbocycles. The third-order valence-corrected chi connectivity index (χ3v) is 5.61. The van der Waals surface area contributed by atoms with E-state index in [1.54, 1.807) is 6.20 Å². The molecule has 1 amide bonds. The van der Waals surface area contributed by atoms with Gasteiger partial charge in [-0.15, -0.1) is 0 Å². The van der Waals surface area contributed by atoms with Crippen LogP contribution >= 0.6 is 0 Å². The molecule has 1 fully saturated rings. The van der Waals surface area contributed by atoms with Crippen molar-refractivity contribution in [3.05, 3.63) is 72.1 Å². The average Bonchev–Trinajstić information content (AvgIpc) is 2.77. The second kappa shape index (κ2) is 9.04. The molecule has 3 aromatic rings. The molecular weight excluding hydrogens is 392 g/mol. The van der Waals surface area contributed by atoms with Gasteiger partial charge in [0.2, 0.25) is 5.88 Å². The smallest absolute Gasteiger partial charge is 0.407 e. The summed E-state index contributed by atoms with van der Waals surface area (Å²) < 4.78 is 6.11. The van der Waals surface area contributed by atoms with Gasteiger partial charge in [0.1, 0.15) is 11.6 Å². The van der Waals surface area contributed by atoms with Gasteiger partial charge in [-0.3, -0.25) is 0 Å². The Bertz CT molecular complexity index is 1040. The summed E-state index contributed by atoms with van der Waals surface area (Å²) in [7, 11) is 0. The number of hydrogen-bond acceptors (Lipinski definition) is 5. The predicted molar refractivity (Wildman–Crippen MR) is 119 cm³/mol. The minimum atomic E-state index is -0.858. The lowest BCUT2D eigenvalue weighted by Gasteiger charge is -2.36. The van der Waals surface area contributed by atoms with Gasteiger partial charge in [0.05, 0.1) is 0 Å². The summed E-state index contributed by atoms with van der Waals surface area (Å²) in [5.74, 6) is 2.26. The molecule has 0 radical (unpaired) electrons. The summed E-state index contributed by atoms with van der Waals surface area (Å²) in [6.45, 7) is 4.47. The zero-order chi connectivity index (χ0) is 21.8. The van der Waals surface area contributed by atoms with E-state index >= 15 is 0 Å². The van der Waals surface area contributed by atoms with Crippen molar-refractivity contribution < 1.29 is 14.6 Å². The standard InChI is InChI=1S/C24H26N4O3/c1-16-5-10-22(26-15-16)27-19-6-8-20(9-7-19)31-23-21(4-3-12-25-23)18-11-13-28(24(29)30)17(2)14-18/h3-10,12,15,17-18H,11,13-14H2,1-2H3,(H,26,27)(H,29,30). The Kier molecular flexibility index (Phi) is 6.02. The van der Waals surface area contributed by atoms with E-state index in [0.29, 0.717) is 18.2 Å². The number of ether oxygens (including phenoxy) is 1. The van der Waals surface area contributed by atoms with E-state index < -0.39 is 6.09 Å². The molecule has 4 rings (SSSR count). The van der Waals surface area contributed by atoms with Gasteiger partial charge < -0.3 is 20.1 Å². The number of nitrogens with one attached hydrogen (secondary N) is 1. The van der Waals surface area contributed by atoms with E-state index in [1.165, 1.54) is 4.90 Å². The molecule has 3 heterocycles. The van der Waals surface area contributed by atoms with Crippen molar-refractivity contribution in [2.75, 3.05) is 11.9 Å². The number of nitrogens with zero attached hydrogens (tertiary/aromatic N) is 3. The molecule has 0 spiro atoms.